The van der Waals surface area contributed by atoms with Crippen molar-refractivity contribution in [3.8, 4) is 0 Å². The molecular formula is C25H34N6O5S. The monoisotopic (exact) mass is 530 g/mol. The number of rotatable bonds is 10. The van der Waals surface area contributed by atoms with Crippen LogP contribution < -0.4 is 20.7 Å². The summed E-state index contributed by atoms with van der Waals surface area (Å²) in [5, 5.41) is 3.36. The molecule has 1 saturated heterocycles. The number of amides is 2. The molecule has 0 spiro atoms. The smallest absolute Gasteiger partial charge is 0.286 e. The van der Waals surface area contributed by atoms with Crippen molar-refractivity contribution in [2.24, 2.45) is 11.7 Å². The summed E-state index contributed by atoms with van der Waals surface area (Å²) in [4.78, 5) is 34.8. The summed E-state index contributed by atoms with van der Waals surface area (Å²) in [6.07, 6.45) is 6.83. The van der Waals surface area contributed by atoms with Gasteiger partial charge < -0.3 is 20.7 Å². The Morgan fingerprint density at radius 2 is 1.84 bits per heavy atom. The third-order valence-electron chi connectivity index (χ3n) is 6.67. The Kier molecular flexibility index (Phi) is 7.69. The summed E-state index contributed by atoms with van der Waals surface area (Å²) < 4.78 is 31.2. The third-order valence-corrected chi connectivity index (χ3v) is 7.22. The molecule has 4 rings (SSSR count). The molecular weight excluding hydrogens is 496 g/mol. The van der Waals surface area contributed by atoms with Gasteiger partial charge in [0.05, 0.1) is 41.1 Å². The SMILES string of the molecule is CC(C)CN(c1ccc(C2(C(=O)NS(C)(=O)=O)CC2)cc1Nc1cnc(C(N)=O)nc1)C1CCOCC1. The van der Waals surface area contributed by atoms with Gasteiger partial charge in [-0.2, -0.15) is 0 Å². The minimum absolute atomic E-state index is 0.0856. The van der Waals surface area contributed by atoms with E-state index < -0.39 is 27.3 Å². The number of aromatic nitrogens is 2. The lowest BCUT2D eigenvalue weighted by Gasteiger charge is -2.38. The summed E-state index contributed by atoms with van der Waals surface area (Å²) in [7, 11) is -3.68. The number of nitrogens with one attached hydrogen (secondary N) is 2. The molecule has 2 aromatic rings. The van der Waals surface area contributed by atoms with Crippen molar-refractivity contribution in [1.82, 2.24) is 14.7 Å². The number of hydrogen-bond donors (Lipinski definition) is 3. The molecule has 2 heterocycles. The highest BCUT2D eigenvalue weighted by Crippen LogP contribution is 2.50. The van der Waals surface area contributed by atoms with E-state index in [1.807, 2.05) is 18.2 Å². The first kappa shape index (κ1) is 26.8. The molecule has 1 aliphatic carbocycles. The van der Waals surface area contributed by atoms with Gasteiger partial charge in [0.25, 0.3) is 5.91 Å². The number of ether oxygens (including phenoxy) is 1. The summed E-state index contributed by atoms with van der Waals surface area (Å²) >= 11 is 0. The molecule has 0 radical (unpaired) electrons. The highest BCUT2D eigenvalue weighted by Gasteiger charge is 2.52. The average Bonchev–Trinajstić information content (AvgIpc) is 3.65. The molecule has 1 aromatic heterocycles. The van der Waals surface area contributed by atoms with Crippen molar-refractivity contribution >= 4 is 38.9 Å². The van der Waals surface area contributed by atoms with Crippen molar-refractivity contribution in [3.05, 3.63) is 42.0 Å². The second kappa shape index (κ2) is 10.6. The number of primary amides is 1. The Morgan fingerprint density at radius 1 is 1.19 bits per heavy atom. The van der Waals surface area contributed by atoms with E-state index >= 15 is 0 Å². The van der Waals surface area contributed by atoms with Gasteiger partial charge in [-0.15, -0.1) is 0 Å². The Bertz CT molecular complexity index is 1250. The molecule has 0 bridgehead atoms. The average molecular weight is 531 g/mol. The van der Waals surface area contributed by atoms with Crippen LogP contribution in [0.1, 0.15) is 55.7 Å². The van der Waals surface area contributed by atoms with E-state index in [-0.39, 0.29) is 11.9 Å². The van der Waals surface area contributed by atoms with Crippen LogP contribution in [0.4, 0.5) is 17.1 Å². The van der Waals surface area contributed by atoms with Gasteiger partial charge >= 0.3 is 0 Å². The van der Waals surface area contributed by atoms with Crippen LogP contribution in [0.3, 0.4) is 0 Å². The zero-order valence-corrected chi connectivity index (χ0v) is 22.2. The first-order valence-electron chi connectivity index (χ1n) is 12.4. The third kappa shape index (κ3) is 6.37. The maximum absolute atomic E-state index is 12.9. The standard InChI is InChI=1S/C25H34N6O5S/c1-16(2)15-31(19-6-10-36-11-7-19)21-5-4-17(25(8-9-25)24(33)30-37(3,34)35)12-20(21)29-18-13-27-23(22(26)32)28-14-18/h4-5,12-14,16,19,29H,6-11,15H2,1-3H3,(H2,26,32)(H,30,33). The van der Waals surface area contributed by atoms with Crippen LogP contribution in [0.2, 0.25) is 0 Å². The molecule has 2 fully saturated rings. The first-order valence-corrected chi connectivity index (χ1v) is 14.3. The Balaban J connectivity index is 1.75. The number of sulfonamides is 1. The summed E-state index contributed by atoms with van der Waals surface area (Å²) in [5.74, 6) is -0.933. The van der Waals surface area contributed by atoms with E-state index in [1.54, 1.807) is 0 Å². The second-order valence-electron chi connectivity index (χ2n) is 10.2. The van der Waals surface area contributed by atoms with Crippen LogP contribution in [0, 0.1) is 5.92 Å². The second-order valence-corrected chi connectivity index (χ2v) is 11.9. The minimum atomic E-state index is -3.68. The fourth-order valence-electron chi connectivity index (χ4n) is 4.73. The lowest BCUT2D eigenvalue weighted by Crippen LogP contribution is -2.42. The Morgan fingerprint density at radius 3 is 2.38 bits per heavy atom. The molecule has 0 atom stereocenters. The molecule has 1 aromatic carbocycles. The van der Waals surface area contributed by atoms with Crippen LogP contribution in [0.15, 0.2) is 30.6 Å². The fraction of sp³-hybridized carbons (Fsp3) is 0.520. The normalized spacial score (nSPS) is 17.3. The summed E-state index contributed by atoms with van der Waals surface area (Å²) in [6.45, 7) is 6.53. The number of anilines is 3. The zero-order valence-electron chi connectivity index (χ0n) is 21.4. The molecule has 12 heteroatoms. The predicted molar refractivity (Wildman–Crippen MR) is 140 cm³/mol. The number of nitrogens with two attached hydrogens (primary N) is 1. The topological polar surface area (TPSA) is 157 Å². The first-order chi connectivity index (χ1) is 17.5. The highest BCUT2D eigenvalue weighted by atomic mass is 32.2. The van der Waals surface area contributed by atoms with Gasteiger partial charge in [0, 0.05) is 25.8 Å². The number of carbonyl (C=O) groups is 2. The fourth-order valence-corrected chi connectivity index (χ4v) is 5.26. The van der Waals surface area contributed by atoms with Gasteiger partial charge in [0.15, 0.2) is 0 Å². The van der Waals surface area contributed by atoms with Gasteiger partial charge in [0.1, 0.15) is 0 Å². The molecule has 1 saturated carbocycles. The van der Waals surface area contributed by atoms with E-state index in [4.69, 9.17) is 10.5 Å². The molecule has 1 aliphatic heterocycles. The van der Waals surface area contributed by atoms with E-state index in [0.717, 1.165) is 42.6 Å². The molecule has 37 heavy (non-hydrogen) atoms. The maximum atomic E-state index is 12.9. The number of nitrogens with zero attached hydrogens (tertiary/aromatic N) is 3. The summed E-state index contributed by atoms with van der Waals surface area (Å²) in [6, 6.07) is 6.08. The van der Waals surface area contributed by atoms with Crippen molar-refractivity contribution < 1.29 is 22.7 Å². The van der Waals surface area contributed by atoms with Gasteiger partial charge in [0.2, 0.25) is 21.8 Å². The van der Waals surface area contributed by atoms with Crippen molar-refractivity contribution in [2.45, 2.75) is 51.0 Å². The highest BCUT2D eigenvalue weighted by molar-refractivity contribution is 7.89. The van der Waals surface area contributed by atoms with Crippen LogP contribution in [-0.2, 0) is 25.0 Å². The quantitative estimate of drug-likeness (QED) is 0.418. The van der Waals surface area contributed by atoms with Crippen LogP contribution in [-0.4, -0.2) is 62.3 Å². The molecule has 4 N–H and O–H groups in total. The van der Waals surface area contributed by atoms with Gasteiger partial charge in [-0.05, 0) is 49.3 Å². The van der Waals surface area contributed by atoms with Crippen molar-refractivity contribution in [1.29, 1.82) is 0 Å². The molecule has 2 aliphatic rings. The molecule has 0 unspecified atom stereocenters. The lowest BCUT2D eigenvalue weighted by molar-refractivity contribution is -0.121. The van der Waals surface area contributed by atoms with Crippen LogP contribution >= 0.6 is 0 Å². The Hall–Kier alpha value is -3.25. The predicted octanol–water partition coefficient (Wildman–Crippen LogP) is 2.07. The Labute approximate surface area is 217 Å². The largest absolute Gasteiger partial charge is 0.381 e. The zero-order chi connectivity index (χ0) is 26.8. The minimum Gasteiger partial charge on any atom is -0.381 e. The van der Waals surface area contributed by atoms with Gasteiger partial charge in [-0.3, -0.25) is 14.3 Å². The van der Waals surface area contributed by atoms with Crippen LogP contribution in [0.25, 0.3) is 0 Å². The van der Waals surface area contributed by atoms with E-state index in [0.29, 0.717) is 37.7 Å². The molecule has 11 nitrogen and oxygen atoms in total. The number of carbonyl (C=O) groups excluding carboxylic acids is 2. The lowest BCUT2D eigenvalue weighted by atomic mass is 9.93. The van der Waals surface area contributed by atoms with Crippen molar-refractivity contribution in [3.63, 3.8) is 0 Å². The summed E-state index contributed by atoms with van der Waals surface area (Å²) in [5.41, 5.74) is 7.33. The van der Waals surface area contributed by atoms with E-state index in [9.17, 15) is 18.0 Å². The molecule has 2 amide bonds. The molecule has 200 valence electrons. The van der Waals surface area contributed by atoms with Gasteiger partial charge in [-0.1, -0.05) is 19.9 Å². The van der Waals surface area contributed by atoms with Crippen LogP contribution in [0.5, 0.6) is 0 Å². The van der Waals surface area contributed by atoms with E-state index in [2.05, 4.69) is 38.8 Å². The number of benzene rings is 1. The van der Waals surface area contributed by atoms with Crippen molar-refractivity contribution in [2.75, 3.05) is 36.2 Å². The van der Waals surface area contributed by atoms with Gasteiger partial charge in [-0.25, -0.2) is 18.4 Å². The number of hydrogen-bond acceptors (Lipinski definition) is 9. The van der Waals surface area contributed by atoms with E-state index in [1.165, 1.54) is 12.4 Å². The maximum Gasteiger partial charge on any atom is 0.286 e.